The molecule has 0 bridgehead atoms. The molecule has 1 aromatic heterocycles. The van der Waals surface area contributed by atoms with Crippen molar-refractivity contribution in [3.05, 3.63) is 34.3 Å². The molecule has 1 aromatic carbocycles. The maximum atomic E-state index is 14.2. The minimum Gasteiger partial charge on any atom is -0.496 e. The van der Waals surface area contributed by atoms with Gasteiger partial charge < -0.3 is 9.30 Å². The fourth-order valence-corrected chi connectivity index (χ4v) is 2.33. The summed E-state index contributed by atoms with van der Waals surface area (Å²) in [4.78, 5) is 3.52. The average molecular weight is 367 g/mol. The van der Waals surface area contributed by atoms with Gasteiger partial charge in [0, 0.05) is 17.2 Å². The lowest BCUT2D eigenvalue weighted by Gasteiger charge is -2.11. The first kappa shape index (κ1) is 15.8. The Balaban J connectivity index is 2.70. The van der Waals surface area contributed by atoms with E-state index in [1.54, 1.807) is 6.92 Å². The fourth-order valence-electron chi connectivity index (χ4n) is 1.92. The second-order valence-corrected chi connectivity index (χ2v) is 5.11. The van der Waals surface area contributed by atoms with Gasteiger partial charge in [-0.3, -0.25) is 0 Å². The predicted molar refractivity (Wildman–Crippen MR) is 72.5 cm³/mol. The van der Waals surface area contributed by atoms with Crippen LogP contribution in [0.15, 0.2) is 22.8 Å². The molecule has 0 aliphatic carbocycles. The van der Waals surface area contributed by atoms with Crippen molar-refractivity contribution in [2.24, 2.45) is 0 Å². The van der Waals surface area contributed by atoms with E-state index in [0.717, 1.165) is 12.3 Å². The van der Waals surface area contributed by atoms with Crippen LogP contribution >= 0.6 is 15.9 Å². The summed E-state index contributed by atoms with van der Waals surface area (Å²) in [5.41, 5.74) is -1.17. The van der Waals surface area contributed by atoms with E-state index in [9.17, 15) is 17.6 Å². The zero-order chi connectivity index (χ0) is 15.8. The van der Waals surface area contributed by atoms with Gasteiger partial charge in [-0.25, -0.2) is 9.37 Å². The van der Waals surface area contributed by atoms with Crippen LogP contribution in [0.1, 0.15) is 12.6 Å². The molecule has 2 aromatic rings. The van der Waals surface area contributed by atoms with E-state index >= 15 is 0 Å². The first-order valence-corrected chi connectivity index (χ1v) is 6.75. The third kappa shape index (κ3) is 3.04. The van der Waals surface area contributed by atoms with Crippen molar-refractivity contribution in [3.8, 4) is 17.1 Å². The van der Waals surface area contributed by atoms with Gasteiger partial charge in [-0.2, -0.15) is 13.2 Å². The topological polar surface area (TPSA) is 27.1 Å². The molecule has 0 fully saturated rings. The number of aromatic nitrogens is 2. The molecule has 21 heavy (non-hydrogen) atoms. The number of ether oxygens (including phenoxy) is 1. The lowest BCUT2D eigenvalue weighted by Crippen LogP contribution is -2.05. The zero-order valence-electron chi connectivity index (χ0n) is 11.1. The van der Waals surface area contributed by atoms with Crippen LogP contribution < -0.4 is 4.74 Å². The van der Waals surface area contributed by atoms with Crippen molar-refractivity contribution in [3.63, 3.8) is 0 Å². The number of alkyl halides is 3. The highest BCUT2D eigenvalue weighted by atomic mass is 79.9. The van der Waals surface area contributed by atoms with Gasteiger partial charge in [0.25, 0.3) is 0 Å². The maximum absolute atomic E-state index is 14.2. The van der Waals surface area contributed by atoms with Gasteiger partial charge in [-0.1, -0.05) is 15.9 Å². The molecule has 8 heteroatoms. The second-order valence-electron chi connectivity index (χ2n) is 4.20. The Labute approximate surface area is 126 Å². The number of nitrogens with zero attached hydrogens (tertiary/aromatic N) is 2. The summed E-state index contributed by atoms with van der Waals surface area (Å²) in [7, 11) is 1.31. The highest BCUT2D eigenvalue weighted by molar-refractivity contribution is 9.10. The highest BCUT2D eigenvalue weighted by Crippen LogP contribution is 2.37. The summed E-state index contributed by atoms with van der Waals surface area (Å²) in [5.74, 6) is -0.724. The van der Waals surface area contributed by atoms with E-state index in [-0.39, 0.29) is 23.7 Å². The van der Waals surface area contributed by atoms with E-state index < -0.39 is 17.7 Å². The molecule has 0 unspecified atom stereocenters. The first-order chi connectivity index (χ1) is 9.77. The third-order valence-corrected chi connectivity index (χ3v) is 3.33. The molecule has 0 aliphatic heterocycles. The minimum atomic E-state index is -4.59. The number of halogens is 5. The van der Waals surface area contributed by atoms with Crippen molar-refractivity contribution >= 4 is 15.9 Å². The molecule has 1 heterocycles. The van der Waals surface area contributed by atoms with Gasteiger partial charge in [0.2, 0.25) is 0 Å². The van der Waals surface area contributed by atoms with E-state index in [2.05, 4.69) is 20.9 Å². The SMILES string of the molecule is CCn1cc(C(F)(F)F)nc1-c1c(F)cc(Br)cc1OC. The molecule has 3 nitrogen and oxygen atoms in total. The molecule has 114 valence electrons. The Bertz CT molecular complexity index is 667. The molecule has 2 rings (SSSR count). The van der Waals surface area contributed by atoms with E-state index in [1.165, 1.54) is 17.7 Å². The molecule has 0 aliphatic rings. The number of hydrogen-bond donors (Lipinski definition) is 0. The smallest absolute Gasteiger partial charge is 0.434 e. The Kier molecular flexibility index (Phi) is 4.27. The van der Waals surface area contributed by atoms with Crippen molar-refractivity contribution in [2.75, 3.05) is 7.11 Å². The van der Waals surface area contributed by atoms with Gasteiger partial charge in [-0.05, 0) is 19.1 Å². The zero-order valence-corrected chi connectivity index (χ0v) is 12.7. The van der Waals surface area contributed by atoms with Crippen molar-refractivity contribution < 1.29 is 22.3 Å². The number of rotatable bonds is 3. The molecule has 0 N–H and O–H groups in total. The monoisotopic (exact) mass is 366 g/mol. The van der Waals surface area contributed by atoms with Crippen molar-refractivity contribution in [1.82, 2.24) is 9.55 Å². The van der Waals surface area contributed by atoms with Gasteiger partial charge >= 0.3 is 6.18 Å². The fraction of sp³-hybridized carbons (Fsp3) is 0.308. The Hall–Kier alpha value is -1.57. The predicted octanol–water partition coefficient (Wildman–Crippen LogP) is 4.50. The van der Waals surface area contributed by atoms with Crippen LogP contribution in [0.25, 0.3) is 11.4 Å². The van der Waals surface area contributed by atoms with E-state index in [4.69, 9.17) is 4.74 Å². The van der Waals surface area contributed by atoms with Gasteiger partial charge in [0.05, 0.1) is 12.7 Å². The van der Waals surface area contributed by atoms with Crippen LogP contribution in [0.4, 0.5) is 17.6 Å². The largest absolute Gasteiger partial charge is 0.496 e. The van der Waals surface area contributed by atoms with E-state index in [0.29, 0.717) is 4.47 Å². The van der Waals surface area contributed by atoms with Crippen LogP contribution in [-0.4, -0.2) is 16.7 Å². The van der Waals surface area contributed by atoms with Crippen molar-refractivity contribution in [1.29, 1.82) is 0 Å². The molecule has 0 amide bonds. The third-order valence-electron chi connectivity index (χ3n) is 2.87. The molecular weight excluding hydrogens is 356 g/mol. The number of hydrogen-bond acceptors (Lipinski definition) is 2. The van der Waals surface area contributed by atoms with Crippen LogP contribution in [0.5, 0.6) is 5.75 Å². The Morgan fingerprint density at radius 2 is 2.00 bits per heavy atom. The summed E-state index contributed by atoms with van der Waals surface area (Å²) < 4.78 is 59.2. The Morgan fingerprint density at radius 3 is 2.52 bits per heavy atom. The van der Waals surface area contributed by atoms with Crippen molar-refractivity contribution in [2.45, 2.75) is 19.6 Å². The second kappa shape index (κ2) is 5.67. The summed E-state index contributed by atoms with van der Waals surface area (Å²) in [6.07, 6.45) is -3.73. The van der Waals surface area contributed by atoms with E-state index in [1.807, 2.05) is 0 Å². The van der Waals surface area contributed by atoms with Crippen LogP contribution in [0.2, 0.25) is 0 Å². The minimum absolute atomic E-state index is 0.0990. The summed E-state index contributed by atoms with van der Waals surface area (Å²) in [6.45, 7) is 1.87. The highest BCUT2D eigenvalue weighted by Gasteiger charge is 2.35. The number of methoxy groups -OCH3 is 1. The normalized spacial score (nSPS) is 11.8. The van der Waals surface area contributed by atoms with Gasteiger partial charge in [-0.15, -0.1) is 0 Å². The lowest BCUT2D eigenvalue weighted by atomic mass is 10.1. The molecule has 0 spiro atoms. The van der Waals surface area contributed by atoms with Gasteiger partial charge in [0.1, 0.15) is 17.4 Å². The lowest BCUT2D eigenvalue weighted by molar-refractivity contribution is -0.140. The number of benzene rings is 1. The first-order valence-electron chi connectivity index (χ1n) is 5.95. The summed E-state index contributed by atoms with van der Waals surface area (Å²) >= 11 is 3.11. The summed E-state index contributed by atoms with van der Waals surface area (Å²) in [5, 5.41) is 0. The quantitative estimate of drug-likeness (QED) is 0.747. The summed E-state index contributed by atoms with van der Waals surface area (Å²) in [6, 6.07) is 2.63. The number of imidazole rings is 1. The number of aryl methyl sites for hydroxylation is 1. The van der Waals surface area contributed by atoms with Crippen LogP contribution in [0.3, 0.4) is 0 Å². The van der Waals surface area contributed by atoms with Gasteiger partial charge in [0.15, 0.2) is 5.69 Å². The molecule has 0 radical (unpaired) electrons. The maximum Gasteiger partial charge on any atom is 0.434 e. The van der Waals surface area contributed by atoms with Crippen LogP contribution in [0, 0.1) is 5.82 Å². The average Bonchev–Trinajstić information content (AvgIpc) is 2.81. The van der Waals surface area contributed by atoms with Crippen LogP contribution in [-0.2, 0) is 12.7 Å². The molecule has 0 saturated heterocycles. The Morgan fingerprint density at radius 1 is 1.33 bits per heavy atom. The molecule has 0 atom stereocenters. The standard InChI is InChI=1S/C13H11BrF4N2O/c1-3-20-6-10(13(16,17)18)19-12(20)11-8(15)4-7(14)5-9(11)21-2/h4-6H,3H2,1-2H3. The molecular formula is C13H11BrF4N2O. The molecule has 0 saturated carbocycles.